The van der Waals surface area contributed by atoms with Gasteiger partial charge in [-0.1, -0.05) is 87.2 Å². The number of hydrogen-bond donors (Lipinski definition) is 1. The first kappa shape index (κ1) is 25.3. The molecule has 0 aliphatic heterocycles. The van der Waals surface area contributed by atoms with Gasteiger partial charge in [0.1, 0.15) is 6.04 Å². The first-order chi connectivity index (χ1) is 15.8. The molecule has 2 amide bonds. The molecule has 1 aliphatic rings. The minimum absolute atomic E-state index is 0.0332. The third-order valence-corrected chi connectivity index (χ3v) is 7.06. The van der Waals surface area contributed by atoms with E-state index in [-0.39, 0.29) is 17.9 Å². The topological polar surface area (TPSA) is 49.4 Å². The first-order valence-corrected chi connectivity index (χ1v) is 12.6. The number of nitrogens with one attached hydrogen (secondary N) is 1. The number of nitrogens with zero attached hydrogens (tertiary/aromatic N) is 1. The Bertz CT molecular complexity index is 920. The van der Waals surface area contributed by atoms with Crippen LogP contribution in [0.1, 0.15) is 81.9 Å². The van der Waals surface area contributed by atoms with Crippen LogP contribution in [0.3, 0.4) is 0 Å². The predicted molar refractivity (Wildman–Crippen MR) is 135 cm³/mol. The van der Waals surface area contributed by atoms with Crippen LogP contribution in [0.5, 0.6) is 0 Å². The van der Waals surface area contributed by atoms with Gasteiger partial charge >= 0.3 is 0 Å². The first-order valence-electron chi connectivity index (χ1n) is 12.3. The van der Waals surface area contributed by atoms with Crippen molar-refractivity contribution in [3.05, 3.63) is 70.2 Å². The highest BCUT2D eigenvalue weighted by Crippen LogP contribution is 2.22. The van der Waals surface area contributed by atoms with E-state index in [2.05, 4.69) is 43.4 Å². The van der Waals surface area contributed by atoms with Gasteiger partial charge in [-0.2, -0.15) is 0 Å². The fourth-order valence-corrected chi connectivity index (χ4v) is 4.62. The molecule has 4 nitrogen and oxygen atoms in total. The third-order valence-electron chi connectivity index (χ3n) is 6.69. The summed E-state index contributed by atoms with van der Waals surface area (Å²) in [5.74, 6) is 0.369. The molecular weight excluding hydrogens is 432 g/mol. The predicted octanol–water partition coefficient (Wildman–Crippen LogP) is 6.26. The summed E-state index contributed by atoms with van der Waals surface area (Å²) in [6, 6.07) is 15.6. The van der Waals surface area contributed by atoms with E-state index >= 15 is 0 Å². The second-order valence-electron chi connectivity index (χ2n) is 9.53. The van der Waals surface area contributed by atoms with Gasteiger partial charge in [0.15, 0.2) is 0 Å². The zero-order chi connectivity index (χ0) is 23.8. The second kappa shape index (κ2) is 12.2. The molecule has 5 heteroatoms. The SMILES string of the molecule is CC(C)c1ccc(CCC(=O)N(Cc2ccccc2Cl)[C@H](C)C(=O)NC2CCCCC2)cc1. The quantitative estimate of drug-likeness (QED) is 0.472. The fourth-order valence-electron chi connectivity index (χ4n) is 4.43. The van der Waals surface area contributed by atoms with Gasteiger partial charge in [-0.05, 0) is 54.9 Å². The Balaban J connectivity index is 1.70. The molecule has 0 radical (unpaired) electrons. The van der Waals surface area contributed by atoms with Crippen LogP contribution >= 0.6 is 11.6 Å². The van der Waals surface area contributed by atoms with Gasteiger partial charge in [0.25, 0.3) is 0 Å². The molecule has 3 rings (SSSR count). The van der Waals surface area contributed by atoms with Crippen LogP contribution in [0.2, 0.25) is 5.02 Å². The van der Waals surface area contributed by atoms with Crippen molar-refractivity contribution in [2.45, 2.75) is 90.3 Å². The van der Waals surface area contributed by atoms with E-state index in [1.807, 2.05) is 31.2 Å². The molecule has 0 unspecified atom stereocenters. The number of amides is 2. The Morgan fingerprint density at radius 1 is 1.00 bits per heavy atom. The van der Waals surface area contributed by atoms with Gasteiger partial charge in [-0.3, -0.25) is 9.59 Å². The molecular formula is C28H37ClN2O2. The van der Waals surface area contributed by atoms with Crippen LogP contribution in [0, 0.1) is 0 Å². The van der Waals surface area contributed by atoms with Crippen LogP contribution in [0.4, 0.5) is 0 Å². The molecule has 1 aliphatic carbocycles. The molecule has 1 atom stereocenters. The minimum Gasteiger partial charge on any atom is -0.352 e. The average molecular weight is 469 g/mol. The number of rotatable bonds is 9. The van der Waals surface area contributed by atoms with Gasteiger partial charge in [0.2, 0.25) is 11.8 Å². The summed E-state index contributed by atoms with van der Waals surface area (Å²) in [5, 5.41) is 3.79. The van der Waals surface area contributed by atoms with Crippen molar-refractivity contribution in [3.8, 4) is 0 Å². The maximum absolute atomic E-state index is 13.3. The number of aryl methyl sites for hydroxylation is 1. The monoisotopic (exact) mass is 468 g/mol. The van der Waals surface area contributed by atoms with Crippen molar-refractivity contribution in [2.24, 2.45) is 0 Å². The number of benzene rings is 2. The van der Waals surface area contributed by atoms with Crippen molar-refractivity contribution in [1.29, 1.82) is 0 Å². The molecule has 33 heavy (non-hydrogen) atoms. The normalized spacial score (nSPS) is 15.3. The van der Waals surface area contributed by atoms with E-state index in [1.165, 1.54) is 12.0 Å². The smallest absolute Gasteiger partial charge is 0.242 e. The Morgan fingerprint density at radius 2 is 1.67 bits per heavy atom. The number of carbonyl (C=O) groups excluding carboxylic acids is 2. The van der Waals surface area contributed by atoms with Crippen molar-refractivity contribution in [1.82, 2.24) is 10.2 Å². The molecule has 0 spiro atoms. The summed E-state index contributed by atoms with van der Waals surface area (Å²) < 4.78 is 0. The van der Waals surface area contributed by atoms with Crippen LogP contribution in [0.25, 0.3) is 0 Å². The molecule has 178 valence electrons. The average Bonchev–Trinajstić information content (AvgIpc) is 2.82. The third kappa shape index (κ3) is 7.33. The molecule has 0 saturated heterocycles. The summed E-state index contributed by atoms with van der Waals surface area (Å²) in [5.41, 5.74) is 3.27. The summed E-state index contributed by atoms with van der Waals surface area (Å²) in [6.07, 6.45) is 6.57. The highest BCUT2D eigenvalue weighted by molar-refractivity contribution is 6.31. The van der Waals surface area contributed by atoms with E-state index in [0.717, 1.165) is 36.8 Å². The van der Waals surface area contributed by atoms with Crippen LogP contribution in [-0.2, 0) is 22.6 Å². The van der Waals surface area contributed by atoms with Crippen LogP contribution in [0.15, 0.2) is 48.5 Å². The Morgan fingerprint density at radius 3 is 2.30 bits per heavy atom. The summed E-state index contributed by atoms with van der Waals surface area (Å²) >= 11 is 6.39. The van der Waals surface area contributed by atoms with E-state index in [4.69, 9.17) is 11.6 Å². The lowest BCUT2D eigenvalue weighted by atomic mass is 9.95. The molecule has 0 aromatic heterocycles. The lowest BCUT2D eigenvalue weighted by Crippen LogP contribution is -2.50. The Kier molecular flexibility index (Phi) is 9.37. The zero-order valence-corrected chi connectivity index (χ0v) is 20.9. The van der Waals surface area contributed by atoms with E-state index in [0.29, 0.717) is 30.3 Å². The van der Waals surface area contributed by atoms with Crippen molar-refractivity contribution >= 4 is 23.4 Å². The van der Waals surface area contributed by atoms with Gasteiger partial charge in [0.05, 0.1) is 0 Å². The lowest BCUT2D eigenvalue weighted by Gasteiger charge is -2.31. The maximum atomic E-state index is 13.3. The van der Waals surface area contributed by atoms with Crippen LogP contribution in [-0.4, -0.2) is 28.8 Å². The van der Waals surface area contributed by atoms with Crippen molar-refractivity contribution in [3.63, 3.8) is 0 Å². The maximum Gasteiger partial charge on any atom is 0.242 e. The Labute approximate surface area is 203 Å². The molecule has 2 aromatic rings. The molecule has 2 aromatic carbocycles. The van der Waals surface area contributed by atoms with Gasteiger partial charge in [-0.25, -0.2) is 0 Å². The number of halogens is 1. The largest absolute Gasteiger partial charge is 0.352 e. The summed E-state index contributed by atoms with van der Waals surface area (Å²) in [4.78, 5) is 28.1. The number of carbonyl (C=O) groups is 2. The van der Waals surface area contributed by atoms with Crippen molar-refractivity contribution in [2.75, 3.05) is 0 Å². The summed E-state index contributed by atoms with van der Waals surface area (Å²) in [6.45, 7) is 6.49. The second-order valence-corrected chi connectivity index (χ2v) is 9.94. The van der Waals surface area contributed by atoms with Gasteiger partial charge < -0.3 is 10.2 Å². The number of hydrogen-bond acceptors (Lipinski definition) is 2. The molecule has 1 saturated carbocycles. The lowest BCUT2D eigenvalue weighted by molar-refractivity contribution is -0.141. The zero-order valence-electron chi connectivity index (χ0n) is 20.1. The van der Waals surface area contributed by atoms with Crippen LogP contribution < -0.4 is 5.32 Å². The molecule has 0 heterocycles. The van der Waals surface area contributed by atoms with E-state index in [1.54, 1.807) is 4.90 Å². The Hall–Kier alpha value is -2.33. The van der Waals surface area contributed by atoms with Gasteiger partial charge in [-0.15, -0.1) is 0 Å². The van der Waals surface area contributed by atoms with E-state index < -0.39 is 6.04 Å². The summed E-state index contributed by atoms with van der Waals surface area (Å²) in [7, 11) is 0. The molecule has 1 N–H and O–H groups in total. The molecule has 1 fully saturated rings. The standard InChI is InChI=1S/C28H37ClN2O2/c1-20(2)23-16-13-22(14-17-23)15-18-27(32)31(19-24-9-7-8-12-26(24)29)21(3)28(33)30-25-10-5-4-6-11-25/h7-9,12-14,16-17,20-21,25H,4-6,10-11,15,18-19H2,1-3H3,(H,30,33)/t21-/m1/s1. The molecule has 0 bridgehead atoms. The fraction of sp³-hybridized carbons (Fsp3) is 0.500. The van der Waals surface area contributed by atoms with Crippen molar-refractivity contribution < 1.29 is 9.59 Å². The van der Waals surface area contributed by atoms with Gasteiger partial charge in [0, 0.05) is 24.0 Å². The highest BCUT2D eigenvalue weighted by atomic mass is 35.5. The highest BCUT2D eigenvalue weighted by Gasteiger charge is 2.28. The van der Waals surface area contributed by atoms with E-state index in [9.17, 15) is 9.59 Å². The minimum atomic E-state index is -0.556.